The fourth-order valence-corrected chi connectivity index (χ4v) is 2.78. The number of para-hydroxylation sites is 2. The first kappa shape index (κ1) is 15.9. The smallest absolute Gasteiger partial charge is 0.339 e. The number of H-pyrrole nitrogens is 1. The summed E-state index contributed by atoms with van der Waals surface area (Å²) in [5.41, 5.74) is 2.54. The Morgan fingerprint density at radius 3 is 3.04 bits per heavy atom. The number of anilines is 1. The first-order valence-corrected chi connectivity index (χ1v) is 8.12. The van der Waals surface area contributed by atoms with Crippen LogP contribution in [0.5, 0.6) is 0 Å². The van der Waals surface area contributed by atoms with Crippen molar-refractivity contribution in [1.29, 1.82) is 0 Å². The van der Waals surface area contributed by atoms with Gasteiger partial charge in [-0.3, -0.25) is 4.79 Å². The lowest BCUT2D eigenvalue weighted by molar-refractivity contribution is -0.115. The van der Waals surface area contributed by atoms with E-state index in [0.29, 0.717) is 22.9 Å². The van der Waals surface area contributed by atoms with E-state index in [1.165, 1.54) is 12.4 Å². The average Bonchev–Trinajstić information content (AvgIpc) is 3.19. The van der Waals surface area contributed by atoms with E-state index >= 15 is 0 Å². The van der Waals surface area contributed by atoms with E-state index in [0.717, 1.165) is 11.0 Å². The highest BCUT2D eigenvalue weighted by atomic mass is 16.5. The topological polar surface area (TPSA) is 109 Å². The zero-order valence-electron chi connectivity index (χ0n) is 13.9. The predicted octanol–water partition coefficient (Wildman–Crippen LogP) is 2.57. The number of nitrogens with zero attached hydrogens (tertiary/aromatic N) is 3. The van der Waals surface area contributed by atoms with Crippen LogP contribution in [-0.4, -0.2) is 39.6 Å². The van der Waals surface area contributed by atoms with E-state index in [1.807, 2.05) is 24.3 Å². The molecule has 26 heavy (non-hydrogen) atoms. The van der Waals surface area contributed by atoms with E-state index in [2.05, 4.69) is 25.3 Å². The summed E-state index contributed by atoms with van der Waals surface area (Å²) in [5, 5.41) is 2.68. The number of aromatic amines is 1. The van der Waals surface area contributed by atoms with Crippen molar-refractivity contribution in [3.8, 4) is 0 Å². The lowest BCUT2D eigenvalue weighted by atomic mass is 10.0. The van der Waals surface area contributed by atoms with E-state index in [-0.39, 0.29) is 12.5 Å². The molecule has 1 aromatic carbocycles. The van der Waals surface area contributed by atoms with Gasteiger partial charge in [-0.05, 0) is 25.1 Å². The minimum atomic E-state index is -0.653. The molecule has 4 rings (SSSR count). The van der Waals surface area contributed by atoms with Crippen LogP contribution in [-0.2, 0) is 9.53 Å². The number of aliphatic imine (C=N–C) groups is 1. The molecule has 0 saturated heterocycles. The van der Waals surface area contributed by atoms with E-state index in [9.17, 15) is 9.59 Å². The quantitative estimate of drug-likeness (QED) is 0.556. The Morgan fingerprint density at radius 2 is 2.23 bits per heavy atom. The Bertz CT molecular complexity index is 1010. The molecule has 0 fully saturated rings. The number of nitrogens with one attached hydrogen (secondary N) is 2. The average molecular weight is 349 g/mol. The van der Waals surface area contributed by atoms with Gasteiger partial charge in [-0.1, -0.05) is 12.1 Å². The van der Waals surface area contributed by atoms with Crippen LogP contribution in [0.25, 0.3) is 11.0 Å². The number of benzene rings is 1. The molecule has 0 bridgehead atoms. The Balaban J connectivity index is 1.64. The first-order chi connectivity index (χ1) is 12.7. The van der Waals surface area contributed by atoms with Gasteiger partial charge < -0.3 is 15.0 Å². The number of esters is 1. The lowest BCUT2D eigenvalue weighted by Gasteiger charge is -2.05. The third kappa shape index (κ3) is 2.81. The fraction of sp³-hybridized carbons (Fsp3) is 0.167. The Labute approximate surface area is 148 Å². The van der Waals surface area contributed by atoms with Crippen LogP contribution in [0.1, 0.15) is 28.8 Å². The number of carbonyl (C=O) groups is 2. The summed E-state index contributed by atoms with van der Waals surface area (Å²) in [6.45, 7) is 2.00. The summed E-state index contributed by atoms with van der Waals surface area (Å²) in [7, 11) is 0. The van der Waals surface area contributed by atoms with Gasteiger partial charge in [0.2, 0.25) is 11.9 Å². The minimum Gasteiger partial charge on any atom is -0.462 e. The van der Waals surface area contributed by atoms with Gasteiger partial charge in [-0.2, -0.15) is 0 Å². The van der Waals surface area contributed by atoms with Gasteiger partial charge in [0.15, 0.2) is 0 Å². The molecule has 2 N–H and O–H groups in total. The standard InChI is InChI=1S/C18H15N5O3/c1-2-26-17(25)10-7-11-12(16(24)23-15(11)19-8-10)9-20-18-21-13-5-3-4-6-14(13)22-18/h3-9,12H,2H2,1H3,(H,21,22)(H,19,23,24). The van der Waals surface area contributed by atoms with Crippen LogP contribution in [0.4, 0.5) is 11.8 Å². The van der Waals surface area contributed by atoms with E-state index in [4.69, 9.17) is 4.74 Å². The van der Waals surface area contributed by atoms with Gasteiger partial charge in [0.1, 0.15) is 11.7 Å². The second-order valence-corrected chi connectivity index (χ2v) is 5.70. The maximum absolute atomic E-state index is 12.2. The van der Waals surface area contributed by atoms with Crippen molar-refractivity contribution in [2.45, 2.75) is 12.8 Å². The van der Waals surface area contributed by atoms with Crippen LogP contribution < -0.4 is 5.32 Å². The van der Waals surface area contributed by atoms with Crippen molar-refractivity contribution in [3.63, 3.8) is 0 Å². The molecule has 2 aromatic heterocycles. The molecule has 1 aliphatic rings. The van der Waals surface area contributed by atoms with Crippen LogP contribution >= 0.6 is 0 Å². The second-order valence-electron chi connectivity index (χ2n) is 5.70. The zero-order chi connectivity index (χ0) is 18.1. The third-order valence-electron chi connectivity index (χ3n) is 4.01. The molecule has 1 atom stereocenters. The third-order valence-corrected chi connectivity index (χ3v) is 4.01. The normalized spacial score (nSPS) is 16.0. The summed E-state index contributed by atoms with van der Waals surface area (Å²) in [6.07, 6.45) is 2.88. The summed E-state index contributed by atoms with van der Waals surface area (Å²) < 4.78 is 4.98. The Morgan fingerprint density at radius 1 is 1.38 bits per heavy atom. The molecule has 0 saturated carbocycles. The summed E-state index contributed by atoms with van der Waals surface area (Å²) in [6, 6.07) is 9.16. The molecular weight excluding hydrogens is 334 g/mol. The van der Waals surface area contributed by atoms with Crippen LogP contribution in [0.15, 0.2) is 41.5 Å². The van der Waals surface area contributed by atoms with Crippen molar-refractivity contribution in [2.75, 3.05) is 11.9 Å². The van der Waals surface area contributed by atoms with Gasteiger partial charge in [-0.25, -0.2) is 19.8 Å². The Hall–Kier alpha value is -3.55. The predicted molar refractivity (Wildman–Crippen MR) is 95.8 cm³/mol. The highest BCUT2D eigenvalue weighted by molar-refractivity contribution is 6.12. The molecular formula is C18H15N5O3. The Kier molecular flexibility index (Phi) is 3.92. The molecule has 0 radical (unpaired) electrons. The number of hydrogen-bond acceptors (Lipinski definition) is 6. The minimum absolute atomic E-state index is 0.256. The number of pyridine rings is 1. The van der Waals surface area contributed by atoms with Crippen molar-refractivity contribution in [1.82, 2.24) is 15.0 Å². The molecule has 1 aliphatic heterocycles. The number of ether oxygens (including phenoxy) is 1. The van der Waals surface area contributed by atoms with Crippen molar-refractivity contribution in [3.05, 3.63) is 47.7 Å². The van der Waals surface area contributed by atoms with Gasteiger partial charge in [0.25, 0.3) is 0 Å². The van der Waals surface area contributed by atoms with Crippen molar-refractivity contribution in [2.24, 2.45) is 4.99 Å². The summed E-state index contributed by atoms with van der Waals surface area (Å²) in [5.74, 6) is -0.561. The van der Waals surface area contributed by atoms with E-state index in [1.54, 1.807) is 13.0 Å². The number of amides is 1. The largest absolute Gasteiger partial charge is 0.462 e. The van der Waals surface area contributed by atoms with Crippen molar-refractivity contribution >= 4 is 40.9 Å². The maximum atomic E-state index is 12.2. The maximum Gasteiger partial charge on any atom is 0.339 e. The monoisotopic (exact) mass is 349 g/mol. The highest BCUT2D eigenvalue weighted by Crippen LogP contribution is 2.31. The molecule has 8 heteroatoms. The van der Waals surface area contributed by atoms with Crippen LogP contribution in [0.2, 0.25) is 0 Å². The molecule has 3 heterocycles. The molecule has 1 amide bonds. The summed E-state index contributed by atoms with van der Waals surface area (Å²) in [4.78, 5) is 40.0. The van der Waals surface area contributed by atoms with Crippen LogP contribution in [0.3, 0.4) is 0 Å². The van der Waals surface area contributed by atoms with Crippen LogP contribution in [0, 0.1) is 0 Å². The highest BCUT2D eigenvalue weighted by Gasteiger charge is 2.31. The first-order valence-electron chi connectivity index (χ1n) is 8.12. The molecule has 0 spiro atoms. The van der Waals surface area contributed by atoms with Crippen molar-refractivity contribution < 1.29 is 14.3 Å². The molecule has 8 nitrogen and oxygen atoms in total. The molecule has 0 aliphatic carbocycles. The van der Waals surface area contributed by atoms with Gasteiger partial charge in [0, 0.05) is 18.0 Å². The number of carbonyl (C=O) groups excluding carboxylic acids is 2. The number of hydrogen-bond donors (Lipinski definition) is 2. The zero-order valence-corrected chi connectivity index (χ0v) is 13.9. The molecule has 130 valence electrons. The van der Waals surface area contributed by atoms with Gasteiger partial charge in [0.05, 0.1) is 23.2 Å². The number of aromatic nitrogens is 3. The molecule has 1 unspecified atom stereocenters. The second kappa shape index (κ2) is 6.40. The van der Waals surface area contributed by atoms with E-state index < -0.39 is 11.9 Å². The number of imidazole rings is 1. The fourth-order valence-electron chi connectivity index (χ4n) is 2.78. The van der Waals surface area contributed by atoms with Gasteiger partial charge in [-0.15, -0.1) is 0 Å². The lowest BCUT2D eigenvalue weighted by Crippen LogP contribution is -2.13. The van der Waals surface area contributed by atoms with Gasteiger partial charge >= 0.3 is 5.97 Å². The molecule has 3 aromatic rings. The number of rotatable bonds is 4. The SMILES string of the molecule is CCOC(=O)c1cnc2c(c1)C(C=Nc1nc3ccccc3[nH]1)C(=O)N2. The number of fused-ring (bicyclic) bond motifs is 2. The summed E-state index contributed by atoms with van der Waals surface area (Å²) >= 11 is 0.